The normalized spacial score (nSPS) is 25.1. The van der Waals surface area contributed by atoms with E-state index in [1.165, 1.54) is 367 Å². The molecule has 6 fully saturated rings. The van der Waals surface area contributed by atoms with Crippen molar-refractivity contribution >= 4 is 0 Å². The lowest BCUT2D eigenvalue weighted by Gasteiger charge is -2.39. The second-order valence-corrected chi connectivity index (χ2v) is 40.3. The fourth-order valence-electron chi connectivity index (χ4n) is 19.3. The van der Waals surface area contributed by atoms with E-state index in [1.807, 2.05) is 0 Å². The van der Waals surface area contributed by atoms with Crippen LogP contribution in [-0.2, 0) is 0 Å². The molecule has 22 heteroatoms. The zero-order chi connectivity index (χ0) is 94.6. The van der Waals surface area contributed by atoms with Crippen molar-refractivity contribution in [2.24, 2.45) is 35.5 Å². The van der Waals surface area contributed by atoms with Crippen LogP contribution in [0.4, 0.5) is 0 Å². The summed E-state index contributed by atoms with van der Waals surface area (Å²) >= 11 is 0. The number of likely N-dealkylation sites (N-methyl/N-ethyl adjacent to an activating group) is 20. The van der Waals surface area contributed by atoms with Crippen molar-refractivity contribution in [3.8, 4) is 0 Å². The van der Waals surface area contributed by atoms with Gasteiger partial charge in [-0.25, -0.2) is 0 Å². The fourth-order valence-corrected chi connectivity index (χ4v) is 19.3. The first-order valence-corrected chi connectivity index (χ1v) is 54.2. The summed E-state index contributed by atoms with van der Waals surface area (Å²) in [4.78, 5) is 57.9. The molecule has 0 spiro atoms. The van der Waals surface area contributed by atoms with Crippen LogP contribution in [-0.4, -0.2) is 538 Å². The average Bonchev–Trinajstić information content (AvgIpc) is 1.37. The van der Waals surface area contributed by atoms with Crippen LogP contribution in [0.2, 0.25) is 0 Å². The van der Waals surface area contributed by atoms with Gasteiger partial charge in [-0.2, -0.15) is 0 Å². The summed E-state index contributed by atoms with van der Waals surface area (Å²) in [5, 5.41) is 0. The first-order chi connectivity index (χ1) is 60.3. The van der Waals surface area contributed by atoms with E-state index in [1.54, 1.807) is 0 Å². The van der Waals surface area contributed by atoms with Gasteiger partial charge in [-0.3, -0.25) is 24.5 Å². The molecule has 6 aliphatic heterocycles. The van der Waals surface area contributed by atoms with Gasteiger partial charge >= 0.3 is 0 Å². The van der Waals surface area contributed by atoms with Crippen molar-refractivity contribution in [2.75, 3.05) is 394 Å². The third kappa shape index (κ3) is 51.3. The molecule has 126 heavy (non-hydrogen) atoms. The Morgan fingerprint density at radius 2 is 0.325 bits per heavy atom. The topological polar surface area (TPSA) is 71.3 Å². The Labute approximate surface area is 790 Å². The van der Waals surface area contributed by atoms with Gasteiger partial charge in [-0.1, -0.05) is 208 Å². The lowest BCUT2D eigenvalue weighted by atomic mass is 10.0. The van der Waals surface area contributed by atoms with Crippen LogP contribution in [0.15, 0.2) is 0 Å². The Kier molecular flexibility index (Phi) is 72.6. The maximum absolute atomic E-state index is 2.72. The van der Waals surface area contributed by atoms with E-state index in [4.69, 9.17) is 0 Å². The summed E-state index contributed by atoms with van der Waals surface area (Å²) < 4.78 is 0. The summed E-state index contributed by atoms with van der Waals surface area (Å²) in [6.45, 7) is 144. The predicted octanol–water partition coefficient (Wildman–Crippen LogP) is 12.4. The molecule has 0 radical (unpaired) electrons. The van der Waals surface area contributed by atoms with Crippen molar-refractivity contribution in [2.45, 2.75) is 258 Å². The number of nitrogens with zero attached hydrogens (tertiary/aromatic N) is 22. The number of hydrogen-bond acceptors (Lipinski definition) is 22. The van der Waals surface area contributed by atoms with Gasteiger partial charge < -0.3 is 83.3 Å². The SMILES string of the molecule is CCN1CCN(C)CC(C(C)C)N(CC)CCN(CC)CC1.CCN1CCN(CC)CC(C(C)C)N(CC)CC1.CCN1CCN(CC)CCN(C(C)C(C)C)CC1.CCN1CCN(CC)CCN(C(C)C(C)C)CCN(CC)CC1.CCN1CCN(CC)CCN(C)C(C(C)C)CN(CC)CC1.CCN1CCN(CC)CCN(CC)C(C(C)C)CN(CC)CC1. The molecule has 6 aliphatic rings. The maximum atomic E-state index is 2.72. The molecule has 0 bridgehead atoms. The second-order valence-electron chi connectivity index (χ2n) is 40.3. The van der Waals surface area contributed by atoms with E-state index >= 15 is 0 Å². The zero-order valence-electron chi connectivity index (χ0n) is 91.8. The smallest absolute Gasteiger partial charge is 0.0246 e. The monoisotopic (exact) mass is 1790 g/mol. The van der Waals surface area contributed by atoms with E-state index in [0.717, 1.165) is 30.8 Å². The van der Waals surface area contributed by atoms with Crippen molar-refractivity contribution in [3.63, 3.8) is 0 Å². The van der Waals surface area contributed by atoms with Gasteiger partial charge in [0.25, 0.3) is 0 Å². The standard InChI is InChI=1S/2C19H42N4.2C18H40N4.2C15H33N3/c1-7-20-10-12-21(8-2)14-16-23(19(6)18(4)5)17-15-22(9-3)13-11-20;1-7-20-11-12-21(8-2)15-16-23(10-4)19(18(5)6)17-22(9-3)14-13-20;1-7-20-11-10-19(6)18(17(4)5)16-22(9-3)15-14-21(8-2)13-12-20;1-7-20-11-10-19(6)16-18(17(4)5)22(9-3)15-14-21(8-2)13-12-20;1-6-16-8-9-17(7-2)11-13-18(12-10-16)15(5)14(3)4;1-6-16-9-10-17(7-2)13-15(14(4)5)18(8-3)12-11-16/h2*18-19H,7-17H2,1-6H3;2*17-18H,7-16H2,1-6H3;2*14-15H,6-13H2,1-5H3. The maximum Gasteiger partial charge on any atom is 0.0246 e. The Balaban J connectivity index is 0.000000758. The van der Waals surface area contributed by atoms with Gasteiger partial charge in [0.2, 0.25) is 0 Å². The van der Waals surface area contributed by atoms with E-state index in [0.29, 0.717) is 54.0 Å². The highest BCUT2D eigenvalue weighted by atomic mass is 15.3. The van der Waals surface area contributed by atoms with Crippen LogP contribution < -0.4 is 0 Å². The largest absolute Gasteiger partial charge is 0.304 e. The summed E-state index contributed by atoms with van der Waals surface area (Å²) in [6.07, 6.45) is 0. The van der Waals surface area contributed by atoms with Crippen molar-refractivity contribution < 1.29 is 0 Å². The van der Waals surface area contributed by atoms with Gasteiger partial charge in [-0.05, 0) is 181 Å². The minimum Gasteiger partial charge on any atom is -0.304 e. The molecule has 0 aromatic heterocycles. The van der Waals surface area contributed by atoms with Crippen molar-refractivity contribution in [1.82, 2.24) is 108 Å². The Morgan fingerprint density at radius 1 is 0.167 bits per heavy atom. The molecule has 6 unspecified atom stereocenters. The fraction of sp³-hybridized carbons (Fsp3) is 1.00. The third-order valence-electron chi connectivity index (χ3n) is 31.0. The van der Waals surface area contributed by atoms with E-state index in [9.17, 15) is 0 Å². The molecule has 6 heterocycles. The van der Waals surface area contributed by atoms with Crippen LogP contribution in [0.5, 0.6) is 0 Å². The van der Waals surface area contributed by atoms with Gasteiger partial charge in [0.05, 0.1) is 0 Å². The minimum absolute atomic E-state index is 0.660. The quantitative estimate of drug-likeness (QED) is 0.0824. The molecule has 0 aromatic carbocycles. The second kappa shape index (κ2) is 74.3. The molecular weight excluding hydrogens is 1560 g/mol. The summed E-state index contributed by atoms with van der Waals surface area (Å²) in [5.74, 6) is 4.35. The van der Waals surface area contributed by atoms with E-state index < -0.39 is 0 Å². The molecule has 0 saturated carbocycles. The summed E-state index contributed by atoms with van der Waals surface area (Å²) in [5.41, 5.74) is 0. The van der Waals surface area contributed by atoms with Gasteiger partial charge in [0, 0.05) is 298 Å². The minimum atomic E-state index is 0.660. The number of rotatable bonds is 26. The van der Waals surface area contributed by atoms with Crippen LogP contribution in [0.3, 0.4) is 0 Å². The van der Waals surface area contributed by atoms with Gasteiger partial charge in [-0.15, -0.1) is 0 Å². The Hall–Kier alpha value is -0.880. The lowest BCUT2D eigenvalue weighted by molar-refractivity contribution is 0.0837. The molecule has 6 atom stereocenters. The molecule has 0 aliphatic carbocycles. The molecule has 0 N–H and O–H groups in total. The van der Waals surface area contributed by atoms with Gasteiger partial charge in [0.1, 0.15) is 0 Å². The highest BCUT2D eigenvalue weighted by Gasteiger charge is 2.31. The van der Waals surface area contributed by atoms with Crippen molar-refractivity contribution in [3.05, 3.63) is 0 Å². The zero-order valence-corrected chi connectivity index (χ0v) is 91.8. The predicted molar refractivity (Wildman–Crippen MR) is 560 cm³/mol. The van der Waals surface area contributed by atoms with Crippen molar-refractivity contribution in [1.29, 1.82) is 0 Å². The molecule has 0 aromatic rings. The first-order valence-electron chi connectivity index (χ1n) is 54.2. The third-order valence-corrected chi connectivity index (χ3v) is 31.0. The molecule has 6 saturated heterocycles. The lowest BCUT2D eigenvalue weighted by Crippen LogP contribution is -2.51. The van der Waals surface area contributed by atoms with Crippen LogP contribution in [0.1, 0.15) is 222 Å². The summed E-state index contributed by atoms with van der Waals surface area (Å²) in [7, 11) is 4.61. The summed E-state index contributed by atoms with van der Waals surface area (Å²) in [6, 6.07) is 4.08. The molecule has 22 nitrogen and oxygen atoms in total. The molecule has 0 amide bonds. The van der Waals surface area contributed by atoms with Crippen LogP contribution in [0, 0.1) is 35.5 Å². The van der Waals surface area contributed by atoms with E-state index in [-0.39, 0.29) is 0 Å². The Morgan fingerprint density at radius 3 is 0.508 bits per heavy atom. The number of hydrogen-bond donors (Lipinski definition) is 0. The van der Waals surface area contributed by atoms with Gasteiger partial charge in [0.15, 0.2) is 0 Å². The molecule has 756 valence electrons. The van der Waals surface area contributed by atoms with Crippen LogP contribution in [0.25, 0.3) is 0 Å². The van der Waals surface area contributed by atoms with Crippen LogP contribution >= 0.6 is 0 Å². The molecular formula is C104H230N22. The highest BCUT2D eigenvalue weighted by Crippen LogP contribution is 2.21. The first kappa shape index (κ1) is 123. The average molecular weight is 1790 g/mol. The Bertz CT molecular complexity index is 2350. The van der Waals surface area contributed by atoms with E-state index in [2.05, 4.69) is 343 Å². The highest BCUT2D eigenvalue weighted by molar-refractivity contribution is 4.87. The molecule has 6 rings (SSSR count).